The van der Waals surface area contributed by atoms with Crippen LogP contribution in [0.5, 0.6) is 0 Å². The Kier molecular flexibility index (Phi) is 5.76. The van der Waals surface area contributed by atoms with Crippen LogP contribution in [0.2, 0.25) is 0 Å². The number of nitrogens with one attached hydrogen (secondary N) is 1. The fourth-order valence-corrected chi connectivity index (χ4v) is 3.53. The highest BCUT2D eigenvalue weighted by Gasteiger charge is 2.33. The van der Waals surface area contributed by atoms with Crippen LogP contribution in [0.1, 0.15) is 34.7 Å². The summed E-state index contributed by atoms with van der Waals surface area (Å²) in [5.74, 6) is -0.686. The van der Waals surface area contributed by atoms with Crippen LogP contribution >= 0.6 is 0 Å². The minimum absolute atomic E-state index is 0.0678. The highest BCUT2D eigenvalue weighted by atomic mass is 19.4. The molecule has 1 aliphatic heterocycles. The van der Waals surface area contributed by atoms with Gasteiger partial charge in [-0.1, -0.05) is 11.2 Å². The molecule has 1 N–H and O–H groups in total. The second kappa shape index (κ2) is 8.52. The molecule has 0 radical (unpaired) electrons. The quantitative estimate of drug-likeness (QED) is 0.606. The number of carbonyl (C=O) groups is 1. The number of anilines is 1. The molecule has 1 aliphatic rings. The third kappa shape index (κ3) is 4.53. The smallest absolute Gasteiger partial charge is 0.364 e. The summed E-state index contributed by atoms with van der Waals surface area (Å²) in [6.07, 6.45) is -1.60. The topological polar surface area (TPSA) is 97.0 Å². The second-order valence-corrected chi connectivity index (χ2v) is 7.33. The van der Waals surface area contributed by atoms with Gasteiger partial charge in [0.05, 0.1) is 23.5 Å². The molecule has 0 unspecified atom stereocenters. The van der Waals surface area contributed by atoms with Crippen LogP contribution in [0.4, 0.5) is 23.4 Å². The van der Waals surface area contributed by atoms with E-state index in [1.54, 1.807) is 11.8 Å². The number of benzene rings is 1. The van der Waals surface area contributed by atoms with Crippen LogP contribution in [0.15, 0.2) is 35.1 Å². The number of aryl methyl sites for hydroxylation is 1. The molecule has 2 aromatic heterocycles. The highest BCUT2D eigenvalue weighted by molar-refractivity contribution is 6.00. The number of halogens is 4. The standard InChI is InChI=1S/C20H18F4N6O2/c1-11-27-18(32-29-11)17-13(5-2-6-14(17)21)19(31)30-7-3-4-12(10-30)28-16-9-25-15(8-26-16)20(22,23)24/h2,5-6,8-9,12H,3-4,7,10H2,1H3,(H,26,28)/t12-/m1/s1. The molecule has 32 heavy (non-hydrogen) atoms. The number of aromatic nitrogens is 4. The Bertz CT molecular complexity index is 1120. The van der Waals surface area contributed by atoms with Gasteiger partial charge < -0.3 is 14.7 Å². The van der Waals surface area contributed by atoms with Crippen molar-refractivity contribution in [1.29, 1.82) is 0 Å². The van der Waals surface area contributed by atoms with Crippen molar-refractivity contribution in [3.8, 4) is 11.5 Å². The number of likely N-dealkylation sites (tertiary alicyclic amines) is 1. The molecule has 168 valence electrons. The van der Waals surface area contributed by atoms with E-state index in [-0.39, 0.29) is 35.4 Å². The van der Waals surface area contributed by atoms with E-state index in [0.717, 1.165) is 6.20 Å². The van der Waals surface area contributed by atoms with Crippen LogP contribution in [0, 0.1) is 12.7 Å². The number of hydrogen-bond acceptors (Lipinski definition) is 7. The highest BCUT2D eigenvalue weighted by Crippen LogP contribution is 2.29. The van der Waals surface area contributed by atoms with E-state index in [0.29, 0.717) is 31.4 Å². The summed E-state index contributed by atoms with van der Waals surface area (Å²) >= 11 is 0. The molecule has 12 heteroatoms. The van der Waals surface area contributed by atoms with Gasteiger partial charge in [-0.25, -0.2) is 14.4 Å². The summed E-state index contributed by atoms with van der Waals surface area (Å²) in [5.41, 5.74) is -1.07. The number of hydrogen-bond donors (Lipinski definition) is 1. The van der Waals surface area contributed by atoms with Crippen molar-refractivity contribution >= 4 is 11.7 Å². The summed E-state index contributed by atoms with van der Waals surface area (Å²) < 4.78 is 57.6. The maximum absolute atomic E-state index is 14.5. The van der Waals surface area contributed by atoms with Gasteiger partial charge in [-0.3, -0.25) is 4.79 Å². The molecule has 3 heterocycles. The van der Waals surface area contributed by atoms with Gasteiger partial charge in [-0.05, 0) is 31.9 Å². The molecule has 0 bridgehead atoms. The largest absolute Gasteiger partial charge is 0.434 e. The molecule has 3 aromatic rings. The molecule has 1 amide bonds. The van der Waals surface area contributed by atoms with Crippen molar-refractivity contribution in [3.05, 3.63) is 53.5 Å². The van der Waals surface area contributed by atoms with E-state index >= 15 is 0 Å². The number of amides is 1. The van der Waals surface area contributed by atoms with Gasteiger partial charge in [-0.2, -0.15) is 18.2 Å². The van der Waals surface area contributed by atoms with Crippen LogP contribution in [0.3, 0.4) is 0 Å². The van der Waals surface area contributed by atoms with E-state index in [9.17, 15) is 22.4 Å². The Labute approximate surface area is 179 Å². The number of nitrogens with zero attached hydrogens (tertiary/aromatic N) is 5. The lowest BCUT2D eigenvalue weighted by molar-refractivity contribution is -0.141. The molecule has 0 spiro atoms. The predicted molar refractivity (Wildman–Crippen MR) is 104 cm³/mol. The van der Waals surface area contributed by atoms with Gasteiger partial charge in [0.1, 0.15) is 11.6 Å². The predicted octanol–water partition coefficient (Wildman–Crippen LogP) is 3.71. The molecule has 4 rings (SSSR count). The molecule has 1 aromatic carbocycles. The van der Waals surface area contributed by atoms with E-state index in [1.807, 2.05) is 0 Å². The van der Waals surface area contributed by atoms with E-state index in [2.05, 4.69) is 25.4 Å². The summed E-state index contributed by atoms with van der Waals surface area (Å²) in [7, 11) is 0. The van der Waals surface area contributed by atoms with Crippen molar-refractivity contribution in [2.24, 2.45) is 0 Å². The van der Waals surface area contributed by atoms with Crippen molar-refractivity contribution in [2.75, 3.05) is 18.4 Å². The van der Waals surface area contributed by atoms with Gasteiger partial charge in [0.15, 0.2) is 11.5 Å². The lowest BCUT2D eigenvalue weighted by Gasteiger charge is -2.33. The molecule has 0 saturated carbocycles. The van der Waals surface area contributed by atoms with Crippen molar-refractivity contribution in [2.45, 2.75) is 32.0 Å². The summed E-state index contributed by atoms with van der Waals surface area (Å²) in [6.45, 7) is 2.27. The molecule has 1 atom stereocenters. The number of carbonyl (C=O) groups excluding carboxylic acids is 1. The molecular formula is C20H18F4N6O2. The Hall–Kier alpha value is -3.57. The summed E-state index contributed by atoms with van der Waals surface area (Å²) in [5, 5.41) is 6.66. The van der Waals surface area contributed by atoms with Gasteiger partial charge >= 0.3 is 6.18 Å². The first-order valence-corrected chi connectivity index (χ1v) is 9.76. The lowest BCUT2D eigenvalue weighted by Crippen LogP contribution is -2.45. The number of rotatable bonds is 4. The Morgan fingerprint density at radius 3 is 2.72 bits per heavy atom. The van der Waals surface area contributed by atoms with Gasteiger partial charge in [0, 0.05) is 19.1 Å². The normalized spacial score (nSPS) is 16.8. The summed E-state index contributed by atoms with van der Waals surface area (Å²) in [4.78, 5) is 25.9. The van der Waals surface area contributed by atoms with Crippen molar-refractivity contribution < 1.29 is 26.9 Å². The van der Waals surface area contributed by atoms with Crippen molar-refractivity contribution in [3.63, 3.8) is 0 Å². The van der Waals surface area contributed by atoms with Gasteiger partial charge in [-0.15, -0.1) is 0 Å². The molecule has 1 fully saturated rings. The van der Waals surface area contributed by atoms with Crippen LogP contribution in [-0.2, 0) is 6.18 Å². The average molecular weight is 450 g/mol. The molecular weight excluding hydrogens is 432 g/mol. The SMILES string of the molecule is Cc1noc(-c2c(F)cccc2C(=O)N2CCC[C@@H](Nc3cnc(C(F)(F)F)cn3)C2)n1. The average Bonchev–Trinajstić information content (AvgIpc) is 3.18. The maximum atomic E-state index is 14.5. The zero-order chi connectivity index (χ0) is 22.9. The lowest BCUT2D eigenvalue weighted by atomic mass is 10.0. The number of piperidine rings is 1. The van der Waals surface area contributed by atoms with Crippen molar-refractivity contribution in [1.82, 2.24) is 25.0 Å². The third-order valence-electron chi connectivity index (χ3n) is 4.99. The zero-order valence-corrected chi connectivity index (χ0v) is 16.9. The zero-order valence-electron chi connectivity index (χ0n) is 16.9. The third-order valence-corrected chi connectivity index (χ3v) is 4.99. The van der Waals surface area contributed by atoms with Crippen LogP contribution < -0.4 is 5.32 Å². The molecule has 0 aliphatic carbocycles. The maximum Gasteiger partial charge on any atom is 0.434 e. The fraction of sp³-hybridized carbons (Fsp3) is 0.350. The monoisotopic (exact) mass is 450 g/mol. The Morgan fingerprint density at radius 1 is 1.25 bits per heavy atom. The van der Waals surface area contributed by atoms with Gasteiger partial charge in [0.2, 0.25) is 0 Å². The van der Waals surface area contributed by atoms with E-state index in [4.69, 9.17) is 4.52 Å². The first kappa shape index (κ1) is 21.7. The second-order valence-electron chi connectivity index (χ2n) is 7.33. The summed E-state index contributed by atoms with van der Waals surface area (Å²) in [6, 6.07) is 3.85. The fourth-order valence-electron chi connectivity index (χ4n) is 3.53. The Balaban J connectivity index is 1.51. The van der Waals surface area contributed by atoms with E-state index < -0.39 is 23.6 Å². The van der Waals surface area contributed by atoms with E-state index in [1.165, 1.54) is 18.2 Å². The first-order chi connectivity index (χ1) is 15.2. The van der Waals surface area contributed by atoms with Gasteiger partial charge in [0.25, 0.3) is 11.8 Å². The molecule has 1 saturated heterocycles. The van der Waals surface area contributed by atoms with Crippen LogP contribution in [0.25, 0.3) is 11.5 Å². The molecule has 8 nitrogen and oxygen atoms in total. The van der Waals surface area contributed by atoms with Crippen LogP contribution in [-0.4, -0.2) is 50.0 Å². The number of alkyl halides is 3. The minimum Gasteiger partial charge on any atom is -0.364 e. The minimum atomic E-state index is -4.57. The Morgan fingerprint density at radius 2 is 2.06 bits per heavy atom. The first-order valence-electron chi connectivity index (χ1n) is 9.76.